The maximum absolute atomic E-state index is 14.1. The smallest absolute Gasteiger partial charge is 0.334 e. The highest BCUT2D eigenvalue weighted by atomic mass is 16.5. The van der Waals surface area contributed by atoms with Gasteiger partial charge < -0.3 is 41.0 Å². The Morgan fingerprint density at radius 1 is 0.562 bits per heavy atom. The number of hydrogen-bond acceptors (Lipinski definition) is 14. The fourth-order valence-electron chi connectivity index (χ4n) is 14.0. The quantitative estimate of drug-likeness (QED) is 0.0883. The molecule has 4 saturated heterocycles. The summed E-state index contributed by atoms with van der Waals surface area (Å²) in [5.74, 6) is -1.82. The van der Waals surface area contributed by atoms with Crippen LogP contribution in [-0.2, 0) is 32.2 Å². The van der Waals surface area contributed by atoms with E-state index < -0.39 is 57.4 Å². The van der Waals surface area contributed by atoms with Crippen molar-refractivity contribution in [2.45, 2.75) is 192 Å². The average molecular weight is 1120 g/mol. The van der Waals surface area contributed by atoms with Crippen molar-refractivity contribution >= 4 is 35.5 Å². The molecule has 2 aromatic heterocycles. The fourth-order valence-corrected chi connectivity index (χ4v) is 14.0. The maximum atomic E-state index is 14.1. The van der Waals surface area contributed by atoms with E-state index in [2.05, 4.69) is 9.98 Å². The van der Waals surface area contributed by atoms with Crippen LogP contribution in [0.15, 0.2) is 29.2 Å². The van der Waals surface area contributed by atoms with E-state index >= 15 is 0 Å². The van der Waals surface area contributed by atoms with Gasteiger partial charge in [0.2, 0.25) is 11.8 Å². The molecule has 24 nitrogen and oxygen atoms in total. The molecule has 0 spiro atoms. The predicted octanol–water partition coefficient (Wildman–Crippen LogP) is 3.85. The molecular formula is C56H86N12O12. The van der Waals surface area contributed by atoms with Gasteiger partial charge in [0.15, 0.2) is 0 Å². The van der Waals surface area contributed by atoms with Crippen LogP contribution in [0.3, 0.4) is 0 Å². The topological polar surface area (TPSA) is 305 Å². The first-order valence-corrected chi connectivity index (χ1v) is 29.1. The van der Waals surface area contributed by atoms with E-state index in [-0.39, 0.29) is 95.6 Å². The van der Waals surface area contributed by atoms with E-state index in [1.807, 2.05) is 27.7 Å². The van der Waals surface area contributed by atoms with Crippen LogP contribution in [0, 0.1) is 23.7 Å². The molecule has 6 atom stereocenters. The van der Waals surface area contributed by atoms with Gasteiger partial charge in [-0.3, -0.25) is 57.2 Å². The molecule has 6 fully saturated rings. The maximum Gasteiger partial charge on any atom is 0.334 e. The van der Waals surface area contributed by atoms with Crippen LogP contribution < -0.4 is 34.0 Å². The summed E-state index contributed by atoms with van der Waals surface area (Å²) in [4.78, 5) is 125. The lowest BCUT2D eigenvalue weighted by atomic mass is 9.77. The van der Waals surface area contributed by atoms with Crippen LogP contribution in [0.5, 0.6) is 11.8 Å². The molecule has 0 bridgehead atoms. The molecule has 0 aromatic carbocycles. The summed E-state index contributed by atoms with van der Waals surface area (Å²) in [6.07, 6.45) is 9.74. The van der Waals surface area contributed by atoms with E-state index in [4.69, 9.17) is 20.9 Å². The number of imide groups is 2. The Balaban J connectivity index is 0.898. The number of amidine groups is 2. The van der Waals surface area contributed by atoms with Crippen molar-refractivity contribution in [1.29, 1.82) is 0 Å². The summed E-state index contributed by atoms with van der Waals surface area (Å²) in [6, 6.07) is -1.63. The molecule has 2 saturated carbocycles. The highest BCUT2D eigenvalue weighted by Crippen LogP contribution is 2.44. The predicted molar refractivity (Wildman–Crippen MR) is 299 cm³/mol. The normalized spacial score (nSPS) is 30.1. The lowest BCUT2D eigenvalue weighted by molar-refractivity contribution is -0.138. The molecule has 6 N–H and O–H groups in total. The number of rotatable bonds is 19. The van der Waals surface area contributed by atoms with Gasteiger partial charge >= 0.3 is 23.4 Å². The SMILES string of the molecule is CCCCn1c(O)c(C(N)=NC)c(=O)n(C2CCC(C[C@@]3(C)C(=O)N(C)C(=O)N3CC3CCOC(C4CC(CN5C(=O)N(C)C(=O)[C@@]5(C)CC5CCC(n6c(=O)c(C(N)=NC)c(O)n(CCCC)c6=O)CC5)CCO4)C3)CC2)c1=O. The summed E-state index contributed by atoms with van der Waals surface area (Å²) >= 11 is 0. The number of aromatic hydroxyl groups is 2. The number of aliphatic imine (C=N–C) groups is 2. The monoisotopic (exact) mass is 1120 g/mol. The molecule has 4 unspecified atom stereocenters. The first kappa shape index (κ1) is 59.8. The molecule has 2 aromatic rings. The third-order valence-corrected chi connectivity index (χ3v) is 18.8. The third kappa shape index (κ3) is 11.1. The Morgan fingerprint density at radius 3 is 1.24 bits per heavy atom. The van der Waals surface area contributed by atoms with E-state index in [0.29, 0.717) is 129 Å². The van der Waals surface area contributed by atoms with E-state index in [9.17, 15) is 48.6 Å². The van der Waals surface area contributed by atoms with Crippen LogP contribution >= 0.6 is 0 Å². The molecule has 4 aliphatic heterocycles. The molecule has 24 heteroatoms. The summed E-state index contributed by atoms with van der Waals surface area (Å²) in [7, 11) is 5.87. The second-order valence-electron chi connectivity index (χ2n) is 24.0. The Labute approximate surface area is 466 Å². The van der Waals surface area contributed by atoms with Crippen molar-refractivity contribution in [2.75, 3.05) is 54.5 Å². The number of hydrogen-bond donors (Lipinski definition) is 4. The van der Waals surface area contributed by atoms with Crippen LogP contribution in [-0.4, -0.2) is 161 Å². The van der Waals surface area contributed by atoms with Crippen LogP contribution in [0.2, 0.25) is 0 Å². The van der Waals surface area contributed by atoms with Crippen molar-refractivity contribution in [3.05, 3.63) is 52.8 Å². The lowest BCUT2D eigenvalue weighted by Crippen LogP contribution is -2.53. The zero-order chi connectivity index (χ0) is 58.1. The number of unbranched alkanes of at least 4 members (excludes halogenated alkanes) is 2. The van der Waals surface area contributed by atoms with Crippen LogP contribution in [0.4, 0.5) is 9.59 Å². The molecule has 2 aliphatic carbocycles. The van der Waals surface area contributed by atoms with Gasteiger partial charge in [-0.2, -0.15) is 0 Å². The Morgan fingerprint density at radius 2 is 0.912 bits per heavy atom. The number of carbonyl (C=O) groups excluding carboxylic acids is 4. The van der Waals surface area contributed by atoms with Gasteiger partial charge in [0, 0.05) is 79.7 Å². The number of carbonyl (C=O) groups is 4. The Bertz CT molecular complexity index is 2790. The third-order valence-electron chi connectivity index (χ3n) is 18.8. The fraction of sp³-hybridized carbons (Fsp3) is 0.750. The van der Waals surface area contributed by atoms with Crippen molar-refractivity contribution in [3.63, 3.8) is 0 Å². The molecule has 6 heterocycles. The zero-order valence-electron chi connectivity index (χ0n) is 48.2. The van der Waals surface area contributed by atoms with E-state index in [0.717, 1.165) is 12.8 Å². The molecule has 442 valence electrons. The van der Waals surface area contributed by atoms with Gasteiger partial charge in [-0.15, -0.1) is 0 Å². The van der Waals surface area contributed by atoms with Gasteiger partial charge in [-0.1, -0.05) is 26.7 Å². The summed E-state index contributed by atoms with van der Waals surface area (Å²) in [5.41, 5.74) is 6.98. The van der Waals surface area contributed by atoms with Crippen LogP contribution in [0.1, 0.15) is 166 Å². The number of ether oxygens (including phenoxy) is 2. The minimum absolute atomic E-state index is 0.00877. The number of aromatic nitrogens is 4. The first-order valence-electron chi connectivity index (χ1n) is 29.1. The second kappa shape index (κ2) is 24.4. The Kier molecular flexibility index (Phi) is 18.3. The standard InChI is InChI=1S/C56H86N12O12/c1-9-11-23-63-45(69)41(43(57)59-5)47(71)67(53(63)77)37-17-13-33(14-18-37)29-55(3)49(73)61(7)51(75)65(55)31-35-21-25-79-39(27-35)40-28-36(22-26-80-40)32-66-52(76)62(8)50(74)56(66,4)30-34-15-19-38(20-16-34)68-48(72)42(44(58)60-6)46(70)64(54(68)78)24-12-10-2/h33-40,69-70H,9-32H2,1-8H3,(H2,57,59)(H2,58,60)/t33?,34?,35?,36?,37?,38?,39?,40?,55-,56+. The van der Waals surface area contributed by atoms with Crippen molar-refractivity contribution < 1.29 is 38.9 Å². The number of urea groups is 2. The minimum atomic E-state index is -1.13. The van der Waals surface area contributed by atoms with Gasteiger partial charge in [0.25, 0.3) is 22.9 Å². The molecule has 6 aliphatic rings. The lowest BCUT2D eigenvalue weighted by Gasteiger charge is -2.43. The Hall–Kier alpha value is -6.30. The zero-order valence-corrected chi connectivity index (χ0v) is 48.2. The number of nitrogens with zero attached hydrogens (tertiary/aromatic N) is 10. The highest BCUT2D eigenvalue weighted by Gasteiger charge is 2.56. The molecule has 0 radical (unpaired) electrons. The summed E-state index contributed by atoms with van der Waals surface area (Å²) < 4.78 is 17.6. The molecular weight excluding hydrogens is 1030 g/mol. The number of likely N-dealkylation sites (N-methyl/N-ethyl adjacent to an activating group) is 2. The van der Waals surface area contributed by atoms with Crippen molar-refractivity contribution in [3.8, 4) is 11.8 Å². The number of nitrogens with two attached hydrogens (primary N) is 2. The average Bonchev–Trinajstić information content (AvgIpc) is 3.83. The van der Waals surface area contributed by atoms with Crippen molar-refractivity contribution in [1.82, 2.24) is 37.9 Å². The van der Waals surface area contributed by atoms with Gasteiger partial charge in [0.05, 0.1) is 12.2 Å². The van der Waals surface area contributed by atoms with Gasteiger partial charge in [-0.05, 0) is 140 Å². The van der Waals surface area contributed by atoms with Crippen molar-refractivity contribution in [2.24, 2.45) is 45.1 Å². The largest absolute Gasteiger partial charge is 0.494 e. The second-order valence-corrected chi connectivity index (χ2v) is 24.0. The van der Waals surface area contributed by atoms with Gasteiger partial charge in [0.1, 0.15) is 33.9 Å². The van der Waals surface area contributed by atoms with Gasteiger partial charge in [-0.25, -0.2) is 19.2 Å². The number of amides is 6. The van der Waals surface area contributed by atoms with Crippen LogP contribution in [0.25, 0.3) is 0 Å². The molecule has 8 rings (SSSR count). The van der Waals surface area contributed by atoms with E-state index in [1.165, 1.54) is 56.3 Å². The first-order chi connectivity index (χ1) is 38.1. The highest BCUT2D eigenvalue weighted by molar-refractivity contribution is 6.07. The minimum Gasteiger partial charge on any atom is -0.494 e. The molecule has 80 heavy (non-hydrogen) atoms. The van der Waals surface area contributed by atoms with E-state index in [1.54, 1.807) is 9.80 Å². The summed E-state index contributed by atoms with van der Waals surface area (Å²) in [5, 5.41) is 22.0. The summed E-state index contributed by atoms with van der Waals surface area (Å²) in [6.45, 7) is 9.58. The molecule has 6 amide bonds.